The number of rotatable bonds is 45. The third-order valence-electron chi connectivity index (χ3n) is 11.2. The minimum absolute atomic E-state index is 0.0101. The molecule has 0 aliphatic rings. The molecular formula is C49H97N2O6P. The molecule has 0 aromatic rings. The fourth-order valence-corrected chi connectivity index (χ4v) is 7.97. The summed E-state index contributed by atoms with van der Waals surface area (Å²) in [5.41, 5.74) is 0. The van der Waals surface area contributed by atoms with Crippen LogP contribution in [0.1, 0.15) is 232 Å². The molecule has 344 valence electrons. The first-order valence-electron chi connectivity index (χ1n) is 24.7. The van der Waals surface area contributed by atoms with Gasteiger partial charge in [-0.05, 0) is 44.9 Å². The van der Waals surface area contributed by atoms with E-state index >= 15 is 0 Å². The summed E-state index contributed by atoms with van der Waals surface area (Å²) in [6, 6.07) is -0.806. The lowest BCUT2D eigenvalue weighted by molar-refractivity contribution is -0.870. The Bertz CT molecular complexity index is 1000. The molecule has 0 rings (SSSR count). The highest BCUT2D eigenvalue weighted by atomic mass is 31.2. The fourth-order valence-electron chi connectivity index (χ4n) is 7.25. The number of allylic oxidation sites excluding steroid dienone is 4. The van der Waals surface area contributed by atoms with Gasteiger partial charge in [-0.3, -0.25) is 9.36 Å². The van der Waals surface area contributed by atoms with Gasteiger partial charge in [0, 0.05) is 6.42 Å². The first-order valence-corrected chi connectivity index (χ1v) is 26.1. The van der Waals surface area contributed by atoms with Crippen LogP contribution in [-0.2, 0) is 18.4 Å². The van der Waals surface area contributed by atoms with Crippen LogP contribution in [0.15, 0.2) is 24.3 Å². The molecule has 0 aliphatic carbocycles. The van der Waals surface area contributed by atoms with Gasteiger partial charge in [0.05, 0.1) is 39.9 Å². The second-order valence-corrected chi connectivity index (χ2v) is 19.6. The maximum Gasteiger partial charge on any atom is 0.268 e. The largest absolute Gasteiger partial charge is 0.756 e. The van der Waals surface area contributed by atoms with Gasteiger partial charge in [0.2, 0.25) is 5.91 Å². The maximum atomic E-state index is 12.9. The highest BCUT2D eigenvalue weighted by molar-refractivity contribution is 7.45. The maximum absolute atomic E-state index is 12.9. The van der Waals surface area contributed by atoms with Crippen molar-refractivity contribution in [3.63, 3.8) is 0 Å². The molecular weight excluding hydrogens is 744 g/mol. The van der Waals surface area contributed by atoms with Crippen LogP contribution in [0.4, 0.5) is 0 Å². The highest BCUT2D eigenvalue weighted by Crippen LogP contribution is 2.38. The summed E-state index contributed by atoms with van der Waals surface area (Å²) in [5, 5.41) is 13.9. The standard InChI is InChI=1S/C49H97N2O6P/c1-6-8-10-12-14-16-18-20-22-24-25-26-27-28-30-32-34-36-38-40-42-48(52)47(46-57-58(54,55)56-45-44-51(3,4)5)50-49(53)43-41-39-37-35-33-31-29-23-21-19-17-15-13-11-9-7-2/h17,19,23,29,47-48,52H,6-16,18,20-22,24-28,30-46H2,1-5H3,(H-,50,53,54,55)/b19-17-,29-23-. The number of aliphatic hydroxyl groups is 1. The Morgan fingerprint density at radius 2 is 1.00 bits per heavy atom. The van der Waals surface area contributed by atoms with Crippen LogP contribution in [0.3, 0.4) is 0 Å². The number of hydrogen-bond donors (Lipinski definition) is 2. The molecule has 0 aliphatic heterocycles. The van der Waals surface area contributed by atoms with Crippen LogP contribution in [-0.4, -0.2) is 68.5 Å². The van der Waals surface area contributed by atoms with Gasteiger partial charge in [-0.1, -0.05) is 205 Å². The van der Waals surface area contributed by atoms with Gasteiger partial charge in [0.25, 0.3) is 7.82 Å². The second-order valence-electron chi connectivity index (χ2n) is 18.2. The van der Waals surface area contributed by atoms with Crippen LogP contribution >= 0.6 is 7.82 Å². The van der Waals surface area contributed by atoms with E-state index in [1.807, 2.05) is 21.1 Å². The van der Waals surface area contributed by atoms with E-state index < -0.39 is 20.0 Å². The molecule has 0 bridgehead atoms. The number of aliphatic hydroxyl groups excluding tert-OH is 1. The topological polar surface area (TPSA) is 108 Å². The molecule has 0 fully saturated rings. The average Bonchev–Trinajstić information content (AvgIpc) is 3.17. The molecule has 3 unspecified atom stereocenters. The zero-order valence-electron chi connectivity index (χ0n) is 39.0. The molecule has 3 atom stereocenters. The van der Waals surface area contributed by atoms with Crippen molar-refractivity contribution >= 4 is 13.7 Å². The van der Waals surface area contributed by atoms with Gasteiger partial charge in [0.15, 0.2) is 0 Å². The summed E-state index contributed by atoms with van der Waals surface area (Å²) in [6.07, 6.45) is 49.0. The zero-order valence-corrected chi connectivity index (χ0v) is 39.9. The number of amides is 1. The molecule has 8 nitrogen and oxygen atoms in total. The summed E-state index contributed by atoms with van der Waals surface area (Å²) >= 11 is 0. The summed E-state index contributed by atoms with van der Waals surface area (Å²) in [5.74, 6) is -0.177. The van der Waals surface area contributed by atoms with Crippen molar-refractivity contribution < 1.29 is 32.9 Å². The lowest BCUT2D eigenvalue weighted by atomic mass is 10.0. The van der Waals surface area contributed by atoms with E-state index in [0.717, 1.165) is 64.2 Å². The molecule has 0 radical (unpaired) electrons. The van der Waals surface area contributed by atoms with Gasteiger partial charge in [0.1, 0.15) is 13.2 Å². The minimum atomic E-state index is -4.57. The number of phosphoric ester groups is 1. The van der Waals surface area contributed by atoms with Gasteiger partial charge < -0.3 is 28.8 Å². The lowest BCUT2D eigenvalue weighted by Crippen LogP contribution is -2.46. The van der Waals surface area contributed by atoms with E-state index in [0.29, 0.717) is 23.9 Å². The Balaban J connectivity index is 4.30. The number of phosphoric acid groups is 1. The normalized spacial score (nSPS) is 14.4. The lowest BCUT2D eigenvalue weighted by Gasteiger charge is -2.30. The van der Waals surface area contributed by atoms with Crippen LogP contribution in [0.2, 0.25) is 0 Å². The summed E-state index contributed by atoms with van der Waals surface area (Å²) in [6.45, 7) is 4.71. The van der Waals surface area contributed by atoms with Crippen LogP contribution in [0.5, 0.6) is 0 Å². The summed E-state index contributed by atoms with van der Waals surface area (Å²) < 4.78 is 23.3. The minimum Gasteiger partial charge on any atom is -0.756 e. The van der Waals surface area contributed by atoms with Crippen molar-refractivity contribution in [2.45, 2.75) is 244 Å². The Kier molecular flexibility index (Phi) is 40.6. The van der Waals surface area contributed by atoms with Gasteiger partial charge in [-0.2, -0.15) is 0 Å². The quantitative estimate of drug-likeness (QED) is 0.0274. The van der Waals surface area contributed by atoms with Crippen molar-refractivity contribution in [1.82, 2.24) is 5.32 Å². The number of carbonyl (C=O) groups excluding carboxylic acids is 1. The van der Waals surface area contributed by atoms with Gasteiger partial charge in [-0.15, -0.1) is 0 Å². The molecule has 0 saturated carbocycles. The molecule has 0 heterocycles. The molecule has 0 spiro atoms. The Morgan fingerprint density at radius 3 is 1.45 bits per heavy atom. The van der Waals surface area contributed by atoms with Gasteiger partial charge in [-0.25, -0.2) is 0 Å². The molecule has 0 saturated heterocycles. The SMILES string of the molecule is CCCCCC/C=C\C/C=C\CCCCCCCC(=O)NC(COP(=O)([O-])OCC[N+](C)(C)C)C(O)CCCCCCCCCCCCCCCCCCCCCC. The average molecular weight is 841 g/mol. The Labute approximate surface area is 360 Å². The number of nitrogens with zero attached hydrogens (tertiary/aromatic N) is 1. The monoisotopic (exact) mass is 841 g/mol. The van der Waals surface area contributed by atoms with E-state index in [2.05, 4.69) is 43.5 Å². The molecule has 58 heavy (non-hydrogen) atoms. The zero-order chi connectivity index (χ0) is 42.8. The number of likely N-dealkylation sites (N-methyl/N-ethyl adjacent to an activating group) is 1. The molecule has 9 heteroatoms. The van der Waals surface area contributed by atoms with Crippen molar-refractivity contribution in [3.8, 4) is 0 Å². The van der Waals surface area contributed by atoms with E-state index in [1.165, 1.54) is 141 Å². The number of nitrogens with one attached hydrogen (secondary N) is 1. The molecule has 2 N–H and O–H groups in total. The van der Waals surface area contributed by atoms with Crippen LogP contribution in [0.25, 0.3) is 0 Å². The van der Waals surface area contributed by atoms with Crippen molar-refractivity contribution in [2.75, 3.05) is 40.9 Å². The Hall–Kier alpha value is -1.02. The second kappa shape index (κ2) is 41.3. The molecule has 0 aromatic heterocycles. The summed E-state index contributed by atoms with van der Waals surface area (Å²) in [4.78, 5) is 25.4. The Morgan fingerprint density at radius 1 is 0.603 bits per heavy atom. The first kappa shape index (κ1) is 57.0. The van der Waals surface area contributed by atoms with Crippen LogP contribution in [0, 0.1) is 0 Å². The van der Waals surface area contributed by atoms with Crippen molar-refractivity contribution in [1.29, 1.82) is 0 Å². The number of quaternary nitrogens is 1. The highest BCUT2D eigenvalue weighted by Gasteiger charge is 2.24. The van der Waals surface area contributed by atoms with Crippen molar-refractivity contribution in [3.05, 3.63) is 24.3 Å². The van der Waals surface area contributed by atoms with E-state index in [1.54, 1.807) is 0 Å². The smallest absolute Gasteiger partial charge is 0.268 e. The number of hydrogen-bond acceptors (Lipinski definition) is 6. The number of unbranched alkanes of at least 4 members (excludes halogenated alkanes) is 28. The predicted molar refractivity (Wildman–Crippen MR) is 247 cm³/mol. The van der Waals surface area contributed by atoms with E-state index in [9.17, 15) is 19.4 Å². The third kappa shape index (κ3) is 43.1. The van der Waals surface area contributed by atoms with E-state index in [4.69, 9.17) is 9.05 Å². The van der Waals surface area contributed by atoms with E-state index in [-0.39, 0.29) is 19.1 Å². The first-order chi connectivity index (χ1) is 28.0. The number of carbonyl (C=O) groups is 1. The molecule has 1 amide bonds. The summed E-state index contributed by atoms with van der Waals surface area (Å²) in [7, 11) is 1.30. The van der Waals surface area contributed by atoms with Crippen LogP contribution < -0.4 is 10.2 Å². The predicted octanol–water partition coefficient (Wildman–Crippen LogP) is 13.5. The third-order valence-corrected chi connectivity index (χ3v) is 12.2. The van der Waals surface area contributed by atoms with Gasteiger partial charge >= 0.3 is 0 Å². The van der Waals surface area contributed by atoms with Crippen molar-refractivity contribution in [2.24, 2.45) is 0 Å². The fraction of sp³-hybridized carbons (Fsp3) is 0.898. The molecule has 0 aromatic carbocycles.